The summed E-state index contributed by atoms with van der Waals surface area (Å²) < 4.78 is 1.04. The first-order valence-corrected chi connectivity index (χ1v) is 5.91. The van der Waals surface area contributed by atoms with Gasteiger partial charge in [0, 0.05) is 28.1 Å². The van der Waals surface area contributed by atoms with E-state index in [4.69, 9.17) is 11.6 Å². The number of hydrogen-bond acceptors (Lipinski definition) is 1. The Morgan fingerprint density at radius 1 is 1.47 bits per heavy atom. The summed E-state index contributed by atoms with van der Waals surface area (Å²) in [6.45, 7) is 4.66. The lowest BCUT2D eigenvalue weighted by molar-refractivity contribution is 1.09. The second kappa shape index (κ2) is 6.05. The van der Waals surface area contributed by atoms with Crippen molar-refractivity contribution in [3.05, 3.63) is 27.2 Å². The monoisotopic (exact) mass is 285 g/mol. The van der Waals surface area contributed by atoms with Crippen molar-refractivity contribution in [2.45, 2.75) is 20.3 Å². The van der Waals surface area contributed by atoms with E-state index in [1.165, 1.54) is 0 Å². The van der Waals surface area contributed by atoms with Crippen molar-refractivity contribution in [3.63, 3.8) is 0 Å². The molecule has 0 saturated carbocycles. The Balaban J connectivity index is 2.67. The molecule has 0 aromatic heterocycles. The highest BCUT2D eigenvalue weighted by molar-refractivity contribution is 9.10. The Kier molecular flexibility index (Phi) is 5.01. The normalized spacial score (nSPS) is 9.33. The fourth-order valence-corrected chi connectivity index (χ4v) is 1.93. The van der Waals surface area contributed by atoms with Gasteiger partial charge in [0.25, 0.3) is 0 Å². The molecule has 1 aromatic rings. The lowest BCUT2D eigenvalue weighted by atomic mass is 10.2. The van der Waals surface area contributed by atoms with Crippen molar-refractivity contribution >= 4 is 33.2 Å². The van der Waals surface area contributed by atoms with Gasteiger partial charge < -0.3 is 5.32 Å². The first-order valence-electron chi connectivity index (χ1n) is 4.74. The van der Waals surface area contributed by atoms with Gasteiger partial charge in [-0.3, -0.25) is 0 Å². The molecule has 1 nitrogen and oxygen atoms in total. The van der Waals surface area contributed by atoms with E-state index in [0.717, 1.165) is 33.7 Å². The van der Waals surface area contributed by atoms with Gasteiger partial charge >= 0.3 is 0 Å². The summed E-state index contributed by atoms with van der Waals surface area (Å²) in [5.74, 6) is 5.86. The van der Waals surface area contributed by atoms with Gasteiger partial charge in [0.15, 0.2) is 0 Å². The van der Waals surface area contributed by atoms with Crippen LogP contribution in [0.25, 0.3) is 0 Å². The number of halogens is 2. The summed E-state index contributed by atoms with van der Waals surface area (Å²) in [5, 5.41) is 4.06. The largest absolute Gasteiger partial charge is 0.383 e. The molecular weight excluding hydrogens is 273 g/mol. The molecule has 0 unspecified atom stereocenters. The number of rotatable bonds is 3. The van der Waals surface area contributed by atoms with Crippen molar-refractivity contribution in [2.24, 2.45) is 0 Å². The average molecular weight is 287 g/mol. The summed E-state index contributed by atoms with van der Waals surface area (Å²) in [6, 6.07) is 3.94. The van der Waals surface area contributed by atoms with Crippen molar-refractivity contribution in [3.8, 4) is 11.8 Å². The number of anilines is 1. The molecule has 0 aliphatic rings. The summed E-state index contributed by atoms with van der Waals surface area (Å²) in [7, 11) is 0. The zero-order chi connectivity index (χ0) is 11.3. The van der Waals surface area contributed by atoms with E-state index in [9.17, 15) is 0 Å². The third kappa shape index (κ3) is 3.77. The Morgan fingerprint density at radius 3 is 2.87 bits per heavy atom. The molecule has 1 aromatic carbocycles. The van der Waals surface area contributed by atoms with Gasteiger partial charge in [-0.2, -0.15) is 0 Å². The van der Waals surface area contributed by atoms with Crippen molar-refractivity contribution < 1.29 is 0 Å². The molecule has 0 atom stereocenters. The van der Waals surface area contributed by atoms with E-state index in [0.29, 0.717) is 0 Å². The topological polar surface area (TPSA) is 12.0 Å². The Hall–Kier alpha value is -0.650. The molecule has 1 rings (SSSR count). The van der Waals surface area contributed by atoms with Crippen LogP contribution in [0, 0.1) is 18.8 Å². The molecular formula is C12H13BrClN. The minimum Gasteiger partial charge on any atom is -0.383 e. The maximum Gasteiger partial charge on any atom is 0.0500 e. The van der Waals surface area contributed by atoms with Crippen LogP contribution in [-0.2, 0) is 0 Å². The van der Waals surface area contributed by atoms with E-state index < -0.39 is 0 Å². The van der Waals surface area contributed by atoms with Gasteiger partial charge in [0.2, 0.25) is 0 Å². The van der Waals surface area contributed by atoms with E-state index in [1.54, 1.807) is 0 Å². The SMILES string of the molecule is CC#CCCNc1cc(Cl)c(C)cc1Br. The fraction of sp³-hybridized carbons (Fsp3) is 0.333. The molecule has 80 valence electrons. The van der Waals surface area contributed by atoms with Crippen molar-refractivity contribution in [2.75, 3.05) is 11.9 Å². The third-order valence-corrected chi connectivity index (χ3v) is 3.05. The van der Waals surface area contributed by atoms with Gasteiger partial charge in [-0.05, 0) is 47.5 Å². The molecule has 1 N–H and O–H groups in total. The van der Waals surface area contributed by atoms with Crippen LogP contribution in [0.4, 0.5) is 5.69 Å². The number of hydrogen-bond donors (Lipinski definition) is 1. The molecule has 0 aliphatic heterocycles. The molecule has 0 radical (unpaired) electrons. The van der Waals surface area contributed by atoms with Gasteiger partial charge in [-0.1, -0.05) is 11.6 Å². The first-order chi connectivity index (χ1) is 7.15. The molecule has 15 heavy (non-hydrogen) atoms. The Bertz CT molecular complexity index is 404. The number of benzene rings is 1. The fourth-order valence-electron chi connectivity index (χ4n) is 1.17. The maximum atomic E-state index is 6.04. The van der Waals surface area contributed by atoms with Gasteiger partial charge in [0.05, 0.1) is 0 Å². The van der Waals surface area contributed by atoms with E-state index in [2.05, 4.69) is 33.1 Å². The highest BCUT2D eigenvalue weighted by Crippen LogP contribution is 2.28. The highest BCUT2D eigenvalue weighted by atomic mass is 79.9. The first kappa shape index (κ1) is 12.4. The van der Waals surface area contributed by atoms with E-state index >= 15 is 0 Å². The van der Waals surface area contributed by atoms with Crippen LogP contribution in [0.15, 0.2) is 16.6 Å². The summed E-state index contributed by atoms with van der Waals surface area (Å²) in [6.07, 6.45) is 0.842. The van der Waals surface area contributed by atoms with Crippen LogP contribution in [-0.4, -0.2) is 6.54 Å². The summed E-state index contributed by atoms with van der Waals surface area (Å²) >= 11 is 9.53. The molecule has 0 bridgehead atoms. The zero-order valence-corrected chi connectivity index (χ0v) is 11.2. The predicted molar refractivity (Wildman–Crippen MR) is 70.4 cm³/mol. The third-order valence-electron chi connectivity index (χ3n) is 1.99. The second-order valence-electron chi connectivity index (χ2n) is 3.18. The highest BCUT2D eigenvalue weighted by Gasteiger charge is 2.02. The number of nitrogens with one attached hydrogen (secondary N) is 1. The molecule has 0 aliphatic carbocycles. The van der Waals surface area contributed by atoms with Crippen LogP contribution >= 0.6 is 27.5 Å². The van der Waals surface area contributed by atoms with E-state index in [-0.39, 0.29) is 0 Å². The van der Waals surface area contributed by atoms with Gasteiger partial charge in [0.1, 0.15) is 0 Å². The standard InChI is InChI=1S/C12H13BrClN/c1-3-4-5-6-15-12-8-11(14)9(2)7-10(12)13/h7-8,15H,5-6H2,1-2H3. The predicted octanol–water partition coefficient (Wildman–Crippen LogP) is 4.24. The number of aryl methyl sites for hydroxylation is 1. The van der Waals surface area contributed by atoms with Crippen LogP contribution in [0.5, 0.6) is 0 Å². The van der Waals surface area contributed by atoms with Gasteiger partial charge in [-0.15, -0.1) is 11.8 Å². The van der Waals surface area contributed by atoms with Crippen LogP contribution in [0.3, 0.4) is 0 Å². The maximum absolute atomic E-state index is 6.04. The average Bonchev–Trinajstić information content (AvgIpc) is 2.20. The lowest BCUT2D eigenvalue weighted by Gasteiger charge is -2.09. The molecule has 0 saturated heterocycles. The van der Waals surface area contributed by atoms with Crippen molar-refractivity contribution in [1.82, 2.24) is 0 Å². The molecule has 3 heteroatoms. The van der Waals surface area contributed by atoms with Crippen LogP contribution in [0.2, 0.25) is 5.02 Å². The summed E-state index contributed by atoms with van der Waals surface area (Å²) in [4.78, 5) is 0. The van der Waals surface area contributed by atoms with Gasteiger partial charge in [-0.25, -0.2) is 0 Å². The molecule has 0 amide bonds. The smallest absolute Gasteiger partial charge is 0.0500 e. The zero-order valence-electron chi connectivity index (χ0n) is 8.82. The van der Waals surface area contributed by atoms with Crippen molar-refractivity contribution in [1.29, 1.82) is 0 Å². The lowest BCUT2D eigenvalue weighted by Crippen LogP contribution is -2.01. The van der Waals surface area contributed by atoms with Crippen LogP contribution < -0.4 is 5.32 Å². The minimum atomic E-state index is 0.780. The van der Waals surface area contributed by atoms with Crippen LogP contribution in [0.1, 0.15) is 18.9 Å². The molecule has 0 fully saturated rings. The Morgan fingerprint density at radius 2 is 2.20 bits per heavy atom. The second-order valence-corrected chi connectivity index (χ2v) is 4.45. The molecule has 0 heterocycles. The van der Waals surface area contributed by atoms with E-state index in [1.807, 2.05) is 26.0 Å². The quantitative estimate of drug-likeness (QED) is 0.647. The minimum absolute atomic E-state index is 0.780. The molecule has 0 spiro atoms. The summed E-state index contributed by atoms with van der Waals surface area (Å²) in [5.41, 5.74) is 2.09. The Labute approximate surface area is 104 Å².